The van der Waals surface area contributed by atoms with Crippen LogP contribution >= 0.6 is 0 Å². The van der Waals surface area contributed by atoms with Crippen LogP contribution in [-0.4, -0.2) is 0 Å². The van der Waals surface area contributed by atoms with Gasteiger partial charge in [-0.15, -0.1) is 0 Å². The van der Waals surface area contributed by atoms with Gasteiger partial charge in [0, 0.05) is 49.3 Å². The lowest BCUT2D eigenvalue weighted by molar-refractivity contribution is 0.672. The minimum atomic E-state index is 0.871. The number of hydrogen-bond donors (Lipinski definition) is 0. The Bertz CT molecular complexity index is 3920. The lowest BCUT2D eigenvalue weighted by atomic mass is 9.95. The maximum absolute atomic E-state index is 6.69. The van der Waals surface area contributed by atoms with E-state index in [4.69, 9.17) is 8.83 Å². The predicted octanol–water partition coefficient (Wildman–Crippen LogP) is 17.9. The molecule has 0 fully saturated rings. The second-order valence-electron chi connectivity index (χ2n) is 16.8. The Morgan fingerprint density at radius 2 is 0.692 bits per heavy atom. The van der Waals surface area contributed by atoms with Gasteiger partial charge in [0.05, 0.1) is 5.69 Å². The number of para-hydroxylation sites is 1. The molecule has 0 aliphatic heterocycles. The van der Waals surface area contributed by atoms with Crippen molar-refractivity contribution in [3.63, 3.8) is 0 Å². The molecule has 0 N–H and O–H groups in total. The van der Waals surface area contributed by atoms with E-state index >= 15 is 0 Å². The van der Waals surface area contributed by atoms with Gasteiger partial charge in [0.25, 0.3) is 0 Å². The van der Waals surface area contributed by atoms with Gasteiger partial charge in [0.2, 0.25) is 0 Å². The smallest absolute Gasteiger partial charge is 0.143 e. The second-order valence-corrected chi connectivity index (χ2v) is 16.8. The van der Waals surface area contributed by atoms with E-state index in [0.717, 1.165) is 105 Å². The average molecular weight is 830 g/mol. The van der Waals surface area contributed by atoms with E-state index in [1.165, 1.54) is 22.1 Å². The molecule has 2 heterocycles. The molecule has 0 radical (unpaired) electrons. The predicted molar refractivity (Wildman–Crippen MR) is 272 cm³/mol. The average Bonchev–Trinajstić information content (AvgIpc) is 3.97. The van der Waals surface area contributed by atoms with E-state index in [9.17, 15) is 0 Å². The quantitative estimate of drug-likeness (QED) is 0.160. The molecule has 2 aromatic heterocycles. The maximum Gasteiger partial charge on any atom is 0.143 e. The number of rotatable bonds is 7. The monoisotopic (exact) mass is 829 g/mol. The van der Waals surface area contributed by atoms with Gasteiger partial charge >= 0.3 is 0 Å². The van der Waals surface area contributed by atoms with Gasteiger partial charge in [-0.2, -0.15) is 0 Å². The first-order chi connectivity index (χ1) is 32.2. The molecule has 11 aromatic carbocycles. The maximum atomic E-state index is 6.69. The van der Waals surface area contributed by atoms with E-state index in [2.05, 4.69) is 241 Å². The summed E-state index contributed by atoms with van der Waals surface area (Å²) in [7, 11) is 0. The van der Waals surface area contributed by atoms with Gasteiger partial charge in [0.15, 0.2) is 0 Å². The van der Waals surface area contributed by atoms with Crippen LogP contribution in [0.2, 0.25) is 0 Å². The van der Waals surface area contributed by atoms with Crippen molar-refractivity contribution in [2.45, 2.75) is 0 Å². The van der Waals surface area contributed by atoms with Crippen molar-refractivity contribution >= 4 is 82.5 Å². The molecule has 0 saturated carbocycles. The molecule has 0 saturated heterocycles. The molecule has 0 spiro atoms. The van der Waals surface area contributed by atoms with E-state index in [-0.39, 0.29) is 0 Å². The second kappa shape index (κ2) is 15.0. The fourth-order valence-corrected chi connectivity index (χ4v) is 9.97. The zero-order valence-electron chi connectivity index (χ0n) is 35.3. The highest BCUT2D eigenvalue weighted by Crippen LogP contribution is 2.47. The summed E-state index contributed by atoms with van der Waals surface area (Å²) in [6, 6.07) is 84.6. The summed E-state index contributed by atoms with van der Waals surface area (Å²) in [5.74, 6) is 0. The molecular weight excluding hydrogens is 791 g/mol. The lowest BCUT2D eigenvalue weighted by Crippen LogP contribution is -2.11. The summed E-state index contributed by atoms with van der Waals surface area (Å²) < 4.78 is 13.3. The number of hydrogen-bond acceptors (Lipinski definition) is 3. The Hall–Kier alpha value is -8.66. The Balaban J connectivity index is 0.956. The Kier molecular flexibility index (Phi) is 8.53. The summed E-state index contributed by atoms with van der Waals surface area (Å²) in [5.41, 5.74) is 16.0. The highest BCUT2D eigenvalue weighted by molar-refractivity contribution is 6.21. The zero-order chi connectivity index (χ0) is 42.8. The van der Waals surface area contributed by atoms with Crippen LogP contribution < -0.4 is 4.90 Å². The van der Waals surface area contributed by atoms with Crippen LogP contribution in [-0.2, 0) is 0 Å². The third kappa shape index (κ3) is 6.12. The fourth-order valence-electron chi connectivity index (χ4n) is 9.97. The van der Waals surface area contributed by atoms with Gasteiger partial charge in [0.1, 0.15) is 22.3 Å². The first kappa shape index (κ1) is 36.9. The molecule has 0 atom stereocenters. The summed E-state index contributed by atoms with van der Waals surface area (Å²) in [6.07, 6.45) is 0. The molecular formula is C62H39NO2. The van der Waals surface area contributed by atoms with Gasteiger partial charge in [-0.1, -0.05) is 182 Å². The first-order valence-corrected chi connectivity index (χ1v) is 22.2. The number of benzene rings is 11. The highest BCUT2D eigenvalue weighted by atomic mass is 16.3. The van der Waals surface area contributed by atoms with Crippen LogP contribution in [0.25, 0.3) is 110 Å². The van der Waals surface area contributed by atoms with Crippen molar-refractivity contribution in [1.29, 1.82) is 0 Å². The minimum Gasteiger partial charge on any atom is -0.455 e. The fraction of sp³-hybridized carbons (Fsp3) is 0. The standard InChI is InChI=1S/C62H39NO2/c1-2-12-40(13-3-1)41-24-26-42(27-25-41)43-28-34-47(35-29-43)63(48-36-30-46(31-37-48)49-19-10-22-57-59(49)54-38-32-44-14-4-6-16-50(44)61(54)64-57)56-21-9-8-18-52(56)53-20-11-23-58-60(53)55-39-33-45-15-5-7-17-51(45)62(55)65-58/h1-39H. The molecule has 0 amide bonds. The number of fused-ring (bicyclic) bond motifs is 10. The van der Waals surface area contributed by atoms with Crippen LogP contribution in [0.5, 0.6) is 0 Å². The third-order valence-electron chi connectivity index (χ3n) is 13.1. The van der Waals surface area contributed by atoms with Crippen LogP contribution in [0, 0.1) is 0 Å². The summed E-state index contributed by atoms with van der Waals surface area (Å²) >= 11 is 0. The van der Waals surface area contributed by atoms with Crippen LogP contribution in [0.3, 0.4) is 0 Å². The summed E-state index contributed by atoms with van der Waals surface area (Å²) in [5, 5.41) is 9.04. The van der Waals surface area contributed by atoms with Gasteiger partial charge in [-0.25, -0.2) is 0 Å². The van der Waals surface area contributed by atoms with Crippen LogP contribution in [0.4, 0.5) is 17.1 Å². The van der Waals surface area contributed by atoms with Gasteiger partial charge < -0.3 is 13.7 Å². The normalized spacial score (nSPS) is 11.7. The van der Waals surface area contributed by atoms with E-state index in [1.54, 1.807) is 0 Å². The van der Waals surface area contributed by atoms with Gasteiger partial charge in [-0.3, -0.25) is 0 Å². The van der Waals surface area contributed by atoms with E-state index in [0.29, 0.717) is 0 Å². The van der Waals surface area contributed by atoms with E-state index in [1.807, 2.05) is 0 Å². The van der Waals surface area contributed by atoms with Crippen molar-refractivity contribution < 1.29 is 8.83 Å². The Morgan fingerprint density at radius 3 is 1.28 bits per heavy atom. The largest absolute Gasteiger partial charge is 0.455 e. The van der Waals surface area contributed by atoms with Crippen molar-refractivity contribution in [3.8, 4) is 44.5 Å². The number of nitrogens with zero attached hydrogens (tertiary/aromatic N) is 1. The van der Waals surface area contributed by atoms with Crippen molar-refractivity contribution in [1.82, 2.24) is 0 Å². The van der Waals surface area contributed by atoms with Crippen LogP contribution in [0.1, 0.15) is 0 Å². The SMILES string of the molecule is c1ccc(-c2ccc(-c3ccc(N(c4ccc(-c5cccc6oc7c8ccccc8ccc7c56)cc4)c4ccccc4-c4cccc5oc6c7ccccc7ccc6c45)cc3)cc2)cc1. The van der Waals surface area contributed by atoms with Crippen molar-refractivity contribution in [2.24, 2.45) is 0 Å². The molecule has 65 heavy (non-hydrogen) atoms. The zero-order valence-corrected chi connectivity index (χ0v) is 35.3. The van der Waals surface area contributed by atoms with Gasteiger partial charge in [-0.05, 0) is 104 Å². The molecule has 13 aromatic rings. The summed E-state index contributed by atoms with van der Waals surface area (Å²) in [6.45, 7) is 0. The minimum absolute atomic E-state index is 0.871. The molecule has 0 aliphatic rings. The molecule has 3 nitrogen and oxygen atoms in total. The van der Waals surface area contributed by atoms with Crippen molar-refractivity contribution in [3.05, 3.63) is 237 Å². The van der Waals surface area contributed by atoms with E-state index < -0.39 is 0 Å². The molecule has 0 unspecified atom stereocenters. The first-order valence-electron chi connectivity index (χ1n) is 22.2. The molecule has 13 rings (SSSR count). The topological polar surface area (TPSA) is 29.5 Å². The molecule has 0 aliphatic carbocycles. The van der Waals surface area contributed by atoms with Crippen molar-refractivity contribution in [2.75, 3.05) is 4.90 Å². The Labute approximate surface area is 375 Å². The third-order valence-corrected chi connectivity index (χ3v) is 13.1. The number of anilines is 3. The number of furan rings is 2. The molecule has 0 bridgehead atoms. The van der Waals surface area contributed by atoms with Crippen LogP contribution in [0.15, 0.2) is 245 Å². The lowest BCUT2D eigenvalue weighted by Gasteiger charge is -2.28. The molecule has 304 valence electrons. The Morgan fingerprint density at radius 1 is 0.262 bits per heavy atom. The highest BCUT2D eigenvalue weighted by Gasteiger charge is 2.22. The summed E-state index contributed by atoms with van der Waals surface area (Å²) in [4.78, 5) is 2.39. The molecule has 3 heteroatoms.